The van der Waals surface area contributed by atoms with E-state index in [1.165, 1.54) is 6.20 Å². The molecule has 1 heterocycles. The Morgan fingerprint density at radius 2 is 2.35 bits per heavy atom. The molecule has 0 aliphatic rings. The minimum absolute atomic E-state index is 0.127. The second-order valence-corrected chi connectivity index (χ2v) is 4.35. The lowest BCUT2D eigenvalue weighted by molar-refractivity contribution is 0.172. The molecule has 0 radical (unpaired) electrons. The Bertz CT molecular complexity index is 394. The first-order chi connectivity index (χ1) is 8.00. The van der Waals surface area contributed by atoms with Crippen molar-refractivity contribution in [3.63, 3.8) is 0 Å². The third-order valence-electron chi connectivity index (χ3n) is 2.55. The van der Waals surface area contributed by atoms with Crippen molar-refractivity contribution in [2.45, 2.75) is 25.8 Å². The Balaban J connectivity index is 2.65. The Morgan fingerprint density at radius 3 is 2.88 bits per heavy atom. The van der Waals surface area contributed by atoms with Crippen LogP contribution in [-0.4, -0.2) is 28.3 Å². The molecule has 1 aromatic rings. The van der Waals surface area contributed by atoms with Crippen LogP contribution in [0.3, 0.4) is 0 Å². The summed E-state index contributed by atoms with van der Waals surface area (Å²) in [4.78, 5) is 15.5. The van der Waals surface area contributed by atoms with E-state index in [2.05, 4.69) is 15.6 Å². The summed E-state index contributed by atoms with van der Waals surface area (Å²) in [5, 5.41) is 14.7. The molecule has 2 amide bonds. The average molecular weight is 258 g/mol. The van der Waals surface area contributed by atoms with Crippen LogP contribution in [0, 0.1) is 0 Å². The quantitative estimate of drug-likeness (QED) is 0.723. The maximum Gasteiger partial charge on any atom is 0.319 e. The predicted molar refractivity (Wildman–Crippen MR) is 67.2 cm³/mol. The van der Waals surface area contributed by atoms with Crippen molar-refractivity contribution >= 4 is 23.3 Å². The molecule has 0 spiro atoms. The first kappa shape index (κ1) is 13.7. The van der Waals surface area contributed by atoms with Gasteiger partial charge in [0, 0.05) is 6.20 Å². The molecule has 0 aliphatic carbocycles. The molecule has 6 heteroatoms. The maximum atomic E-state index is 11.7. The number of rotatable bonds is 4. The van der Waals surface area contributed by atoms with E-state index >= 15 is 0 Å². The van der Waals surface area contributed by atoms with Gasteiger partial charge in [-0.15, -0.1) is 0 Å². The van der Waals surface area contributed by atoms with Crippen LogP contribution in [0.25, 0.3) is 0 Å². The number of pyridine rings is 1. The lowest BCUT2D eigenvalue weighted by atomic mass is 10.0. The smallest absolute Gasteiger partial charge is 0.319 e. The molecule has 1 unspecified atom stereocenters. The van der Waals surface area contributed by atoms with Gasteiger partial charge in [0.1, 0.15) is 0 Å². The molecule has 1 atom stereocenters. The first-order valence-corrected chi connectivity index (χ1v) is 5.69. The molecule has 0 aromatic carbocycles. The predicted octanol–water partition coefficient (Wildman–Crippen LogP) is 2.02. The fraction of sp³-hybridized carbons (Fsp3) is 0.455. The highest BCUT2D eigenvalue weighted by Crippen LogP contribution is 2.17. The highest BCUT2D eigenvalue weighted by molar-refractivity contribution is 6.32. The minimum atomic E-state index is -0.640. The number of nitrogens with zero attached hydrogens (tertiary/aromatic N) is 1. The Labute approximate surface area is 105 Å². The van der Waals surface area contributed by atoms with Crippen molar-refractivity contribution in [3.05, 3.63) is 23.5 Å². The fourth-order valence-corrected chi connectivity index (χ4v) is 1.31. The van der Waals surface area contributed by atoms with Crippen molar-refractivity contribution in [3.8, 4) is 0 Å². The Kier molecular flexibility index (Phi) is 4.72. The maximum absolute atomic E-state index is 11.7. The number of halogens is 1. The van der Waals surface area contributed by atoms with Gasteiger partial charge in [0.05, 0.1) is 17.8 Å². The van der Waals surface area contributed by atoms with Gasteiger partial charge < -0.3 is 15.7 Å². The van der Waals surface area contributed by atoms with Crippen LogP contribution >= 0.6 is 11.6 Å². The average Bonchev–Trinajstić information content (AvgIpc) is 2.32. The lowest BCUT2D eigenvalue weighted by Gasteiger charge is -2.27. The van der Waals surface area contributed by atoms with E-state index in [0.29, 0.717) is 12.1 Å². The highest BCUT2D eigenvalue weighted by Gasteiger charge is 2.23. The molecule has 1 aromatic heterocycles. The van der Waals surface area contributed by atoms with Gasteiger partial charge in [-0.1, -0.05) is 18.5 Å². The molecule has 0 saturated carbocycles. The lowest BCUT2D eigenvalue weighted by Crippen LogP contribution is -2.50. The normalized spacial score (nSPS) is 13.9. The number of hydrogen-bond acceptors (Lipinski definition) is 3. The van der Waals surface area contributed by atoms with Crippen LogP contribution in [0.4, 0.5) is 10.5 Å². The van der Waals surface area contributed by atoms with Crippen LogP contribution in [0.1, 0.15) is 20.3 Å². The SMILES string of the molecule is CCC(C)(CO)NC(=O)Nc1cccnc1Cl. The number of aliphatic hydroxyl groups is 1. The molecular formula is C11H16ClN3O2. The van der Waals surface area contributed by atoms with Gasteiger partial charge in [-0.2, -0.15) is 0 Å². The highest BCUT2D eigenvalue weighted by atomic mass is 35.5. The van der Waals surface area contributed by atoms with Gasteiger partial charge in [-0.25, -0.2) is 9.78 Å². The fourth-order valence-electron chi connectivity index (χ4n) is 1.15. The van der Waals surface area contributed by atoms with Gasteiger partial charge in [-0.3, -0.25) is 0 Å². The van der Waals surface area contributed by atoms with Crippen LogP contribution in [0.5, 0.6) is 0 Å². The standard InChI is InChI=1S/C11H16ClN3O2/c1-3-11(2,7-16)15-10(17)14-8-5-4-6-13-9(8)12/h4-6,16H,3,7H2,1-2H3,(H2,14,15,17). The van der Waals surface area contributed by atoms with Crippen molar-refractivity contribution < 1.29 is 9.90 Å². The summed E-state index contributed by atoms with van der Waals surface area (Å²) >= 11 is 5.80. The van der Waals surface area contributed by atoms with Crippen molar-refractivity contribution in [2.24, 2.45) is 0 Å². The molecule has 0 aliphatic heterocycles. The summed E-state index contributed by atoms with van der Waals surface area (Å²) in [5.41, 5.74) is -0.207. The molecular weight excluding hydrogens is 242 g/mol. The van der Waals surface area contributed by atoms with Gasteiger partial charge in [-0.05, 0) is 25.5 Å². The summed E-state index contributed by atoms with van der Waals surface area (Å²) in [6.45, 7) is 3.52. The zero-order valence-electron chi connectivity index (χ0n) is 9.83. The molecule has 0 bridgehead atoms. The molecule has 5 nitrogen and oxygen atoms in total. The van der Waals surface area contributed by atoms with Crippen molar-refractivity contribution in [2.75, 3.05) is 11.9 Å². The monoisotopic (exact) mass is 257 g/mol. The molecule has 0 saturated heterocycles. The van der Waals surface area contributed by atoms with E-state index in [-0.39, 0.29) is 11.8 Å². The molecule has 0 fully saturated rings. The largest absolute Gasteiger partial charge is 0.394 e. The van der Waals surface area contributed by atoms with Gasteiger partial charge in [0.15, 0.2) is 5.15 Å². The van der Waals surface area contributed by atoms with Crippen LogP contribution in [0.2, 0.25) is 5.15 Å². The van der Waals surface area contributed by atoms with Crippen molar-refractivity contribution in [1.29, 1.82) is 0 Å². The number of nitrogens with one attached hydrogen (secondary N) is 2. The zero-order chi connectivity index (χ0) is 12.9. The third kappa shape index (κ3) is 3.87. The topological polar surface area (TPSA) is 74.2 Å². The number of aliphatic hydroxyl groups excluding tert-OH is 1. The van der Waals surface area contributed by atoms with Gasteiger partial charge in [0.2, 0.25) is 0 Å². The van der Waals surface area contributed by atoms with Gasteiger partial charge >= 0.3 is 6.03 Å². The van der Waals surface area contributed by atoms with E-state index < -0.39 is 11.6 Å². The summed E-state index contributed by atoms with van der Waals surface area (Å²) in [6.07, 6.45) is 2.16. The minimum Gasteiger partial charge on any atom is -0.394 e. The van der Waals surface area contributed by atoms with Crippen molar-refractivity contribution in [1.82, 2.24) is 10.3 Å². The number of hydrogen-bond donors (Lipinski definition) is 3. The summed E-state index contributed by atoms with van der Waals surface area (Å²) in [5.74, 6) is 0. The second kappa shape index (κ2) is 5.84. The van der Waals surface area contributed by atoms with E-state index in [1.54, 1.807) is 19.1 Å². The summed E-state index contributed by atoms with van der Waals surface area (Å²) in [6, 6.07) is 2.90. The second-order valence-electron chi connectivity index (χ2n) is 3.99. The number of amides is 2. The molecule has 17 heavy (non-hydrogen) atoms. The Hall–Kier alpha value is -1.33. The number of urea groups is 1. The van der Waals surface area contributed by atoms with Crippen LogP contribution in [-0.2, 0) is 0 Å². The van der Waals surface area contributed by atoms with Crippen LogP contribution in [0.15, 0.2) is 18.3 Å². The summed E-state index contributed by atoms with van der Waals surface area (Å²) in [7, 11) is 0. The molecule has 1 rings (SSSR count). The van der Waals surface area contributed by atoms with E-state index in [1.807, 2.05) is 6.92 Å². The number of anilines is 1. The zero-order valence-corrected chi connectivity index (χ0v) is 10.6. The molecule has 3 N–H and O–H groups in total. The third-order valence-corrected chi connectivity index (χ3v) is 2.85. The number of carbonyl (C=O) groups excluding carboxylic acids is 1. The first-order valence-electron chi connectivity index (χ1n) is 5.31. The van der Waals surface area contributed by atoms with E-state index in [0.717, 1.165) is 0 Å². The number of aromatic nitrogens is 1. The summed E-state index contributed by atoms with van der Waals surface area (Å²) < 4.78 is 0. The number of carbonyl (C=O) groups is 1. The van der Waals surface area contributed by atoms with Crippen LogP contribution < -0.4 is 10.6 Å². The van der Waals surface area contributed by atoms with E-state index in [4.69, 9.17) is 11.6 Å². The van der Waals surface area contributed by atoms with Gasteiger partial charge in [0.25, 0.3) is 0 Å². The molecule has 94 valence electrons. The Morgan fingerprint density at radius 1 is 1.65 bits per heavy atom. The van der Waals surface area contributed by atoms with E-state index in [9.17, 15) is 9.90 Å².